The minimum absolute atomic E-state index is 0.0780. The topological polar surface area (TPSA) is 17.1 Å². The van der Waals surface area contributed by atoms with E-state index in [4.69, 9.17) is 0 Å². The van der Waals surface area contributed by atoms with Gasteiger partial charge in [-0.25, -0.2) is 4.79 Å². The average Bonchev–Trinajstić information content (AvgIpc) is 2.37. The van der Waals surface area contributed by atoms with Crippen LogP contribution in [0, 0.1) is 0 Å². The third-order valence-electron chi connectivity index (χ3n) is 2.93. The lowest BCUT2D eigenvalue weighted by Crippen LogP contribution is -2.11. The molecule has 1 nitrogen and oxygen atoms in total. The third-order valence-corrected chi connectivity index (χ3v) is 2.93. The molecule has 0 aliphatic rings. The maximum absolute atomic E-state index is 12.6. The van der Waals surface area contributed by atoms with E-state index in [1.807, 2.05) is 0 Å². The van der Waals surface area contributed by atoms with Gasteiger partial charge in [-0.05, 0) is 43.0 Å². The zero-order chi connectivity index (χ0) is 16.3. The van der Waals surface area contributed by atoms with Crippen LogP contribution in [0.2, 0.25) is 0 Å². The van der Waals surface area contributed by atoms with Crippen molar-refractivity contribution in [3.63, 3.8) is 0 Å². The van der Waals surface area contributed by atoms with Crippen LogP contribution in [0.4, 0.5) is 26.3 Å². The molecule has 0 radical (unpaired) electrons. The Morgan fingerprint density at radius 1 is 1.00 bits per heavy atom. The molecular formula is C14H12F6O. The molecule has 1 rings (SSSR count). The molecule has 0 saturated heterocycles. The number of halogens is 6. The molecule has 0 aliphatic carbocycles. The largest absolute Gasteiger partial charge is 0.416 e. The van der Waals surface area contributed by atoms with E-state index < -0.39 is 23.5 Å². The van der Waals surface area contributed by atoms with E-state index in [9.17, 15) is 31.1 Å². The zero-order valence-corrected chi connectivity index (χ0v) is 11.0. The molecule has 0 heterocycles. The molecule has 1 aromatic carbocycles. The van der Waals surface area contributed by atoms with Crippen molar-refractivity contribution in [2.24, 2.45) is 0 Å². The predicted octanol–water partition coefficient (Wildman–Crippen LogP) is 4.82. The van der Waals surface area contributed by atoms with Crippen molar-refractivity contribution in [2.45, 2.75) is 38.5 Å². The summed E-state index contributed by atoms with van der Waals surface area (Å²) in [5.74, 6) is 1.63. The Labute approximate surface area is 117 Å². The van der Waals surface area contributed by atoms with Gasteiger partial charge in [-0.3, -0.25) is 0 Å². The lowest BCUT2D eigenvalue weighted by Gasteiger charge is -2.14. The van der Waals surface area contributed by atoms with Gasteiger partial charge in [-0.1, -0.05) is 6.92 Å². The first-order chi connectivity index (χ1) is 9.57. The van der Waals surface area contributed by atoms with Gasteiger partial charge in [0, 0.05) is 5.57 Å². The molecule has 0 saturated carbocycles. The maximum Gasteiger partial charge on any atom is 0.416 e. The average molecular weight is 310 g/mol. The van der Waals surface area contributed by atoms with Gasteiger partial charge in [-0.15, -0.1) is 0 Å². The summed E-state index contributed by atoms with van der Waals surface area (Å²) in [6, 6.07) is 1.43. The van der Waals surface area contributed by atoms with Crippen LogP contribution in [0.5, 0.6) is 0 Å². The van der Waals surface area contributed by atoms with Crippen LogP contribution in [0.25, 0.3) is 0 Å². The van der Waals surface area contributed by atoms with Crippen molar-refractivity contribution in [3.8, 4) is 0 Å². The zero-order valence-electron chi connectivity index (χ0n) is 11.0. The first-order valence-corrected chi connectivity index (χ1v) is 6.09. The molecule has 0 atom stereocenters. The van der Waals surface area contributed by atoms with Crippen LogP contribution < -0.4 is 0 Å². The molecule has 116 valence electrons. The van der Waals surface area contributed by atoms with Crippen molar-refractivity contribution >= 4 is 5.94 Å². The molecule has 7 heteroatoms. The number of rotatable bonds is 4. The Bertz CT molecular complexity index is 517. The molecule has 0 spiro atoms. The van der Waals surface area contributed by atoms with Crippen LogP contribution in [0.15, 0.2) is 23.8 Å². The number of allylic oxidation sites excluding steroid dienone is 1. The molecule has 0 unspecified atom stereocenters. The molecular weight excluding hydrogens is 298 g/mol. The first kappa shape index (κ1) is 17.3. The van der Waals surface area contributed by atoms with Crippen LogP contribution in [0.3, 0.4) is 0 Å². The van der Waals surface area contributed by atoms with Crippen LogP contribution in [0.1, 0.15) is 36.5 Å². The number of aryl methyl sites for hydroxylation is 1. The molecule has 0 N–H and O–H groups in total. The maximum atomic E-state index is 12.6. The molecule has 1 aromatic rings. The van der Waals surface area contributed by atoms with Crippen molar-refractivity contribution < 1.29 is 31.1 Å². The van der Waals surface area contributed by atoms with E-state index >= 15 is 0 Å². The fraction of sp³-hybridized carbons (Fsp3) is 0.429. The van der Waals surface area contributed by atoms with Crippen molar-refractivity contribution in [3.05, 3.63) is 40.5 Å². The molecule has 21 heavy (non-hydrogen) atoms. The minimum atomic E-state index is -4.86. The van der Waals surface area contributed by atoms with E-state index in [2.05, 4.69) is 0 Å². The van der Waals surface area contributed by atoms with Gasteiger partial charge in [0.05, 0.1) is 11.1 Å². The van der Waals surface area contributed by atoms with Gasteiger partial charge in [-0.2, -0.15) is 26.3 Å². The molecule has 0 aliphatic heterocycles. The standard InChI is InChI=1S/C14H12F6O/c1-2-9(8-21)3-4-10-5-11(13(15,16)17)7-12(6-10)14(18,19)20/h5-7H,2-4H2,1H3. The summed E-state index contributed by atoms with van der Waals surface area (Å²) >= 11 is 0. The SMILES string of the molecule is CCC(=C=O)CCc1cc(C(F)(F)F)cc(C(F)(F)F)c1. The van der Waals surface area contributed by atoms with Crippen LogP contribution >= 0.6 is 0 Å². The Morgan fingerprint density at radius 2 is 1.48 bits per heavy atom. The van der Waals surface area contributed by atoms with E-state index in [0.717, 1.165) is 0 Å². The normalized spacial score (nSPS) is 12.1. The van der Waals surface area contributed by atoms with E-state index in [0.29, 0.717) is 24.1 Å². The highest BCUT2D eigenvalue weighted by molar-refractivity contribution is 5.52. The van der Waals surface area contributed by atoms with Gasteiger partial charge in [0.25, 0.3) is 0 Å². The monoisotopic (exact) mass is 310 g/mol. The summed E-state index contributed by atoms with van der Waals surface area (Å²) in [6.07, 6.45) is -9.35. The summed E-state index contributed by atoms with van der Waals surface area (Å²) in [6.45, 7) is 1.66. The molecule has 0 aromatic heterocycles. The van der Waals surface area contributed by atoms with Gasteiger partial charge in [0.15, 0.2) is 0 Å². The number of hydrogen-bond donors (Lipinski definition) is 0. The fourth-order valence-electron chi connectivity index (χ4n) is 1.76. The van der Waals surface area contributed by atoms with Crippen molar-refractivity contribution in [1.29, 1.82) is 0 Å². The van der Waals surface area contributed by atoms with E-state index in [1.165, 1.54) is 0 Å². The Kier molecular flexibility index (Phi) is 5.23. The number of hydrogen-bond acceptors (Lipinski definition) is 1. The predicted molar refractivity (Wildman–Crippen MR) is 64.3 cm³/mol. The summed E-state index contributed by atoms with van der Waals surface area (Å²) < 4.78 is 75.8. The Morgan fingerprint density at radius 3 is 1.81 bits per heavy atom. The summed E-state index contributed by atoms with van der Waals surface area (Å²) in [5.41, 5.74) is -2.49. The highest BCUT2D eigenvalue weighted by Crippen LogP contribution is 2.36. The molecule has 0 bridgehead atoms. The number of alkyl halides is 6. The van der Waals surface area contributed by atoms with E-state index in [1.54, 1.807) is 12.9 Å². The van der Waals surface area contributed by atoms with Crippen LogP contribution in [-0.4, -0.2) is 5.94 Å². The quantitative estimate of drug-likeness (QED) is 0.575. The Balaban J connectivity index is 3.17. The summed E-state index contributed by atoms with van der Waals surface area (Å²) in [5, 5.41) is 0. The summed E-state index contributed by atoms with van der Waals surface area (Å²) in [7, 11) is 0. The van der Waals surface area contributed by atoms with Crippen molar-refractivity contribution in [1.82, 2.24) is 0 Å². The lowest BCUT2D eigenvalue weighted by atomic mass is 9.99. The van der Waals surface area contributed by atoms with Crippen LogP contribution in [-0.2, 0) is 23.6 Å². The minimum Gasteiger partial charge on any atom is -0.234 e. The van der Waals surface area contributed by atoms with Gasteiger partial charge in [0.1, 0.15) is 5.94 Å². The van der Waals surface area contributed by atoms with Gasteiger partial charge in [0.2, 0.25) is 0 Å². The van der Waals surface area contributed by atoms with Gasteiger partial charge < -0.3 is 0 Å². The smallest absolute Gasteiger partial charge is 0.234 e. The second-order valence-corrected chi connectivity index (χ2v) is 4.47. The second kappa shape index (κ2) is 6.35. The number of carbonyl (C=O) groups excluding carboxylic acids is 1. The Hall–Kier alpha value is -1.75. The first-order valence-electron chi connectivity index (χ1n) is 6.09. The van der Waals surface area contributed by atoms with Crippen molar-refractivity contribution in [2.75, 3.05) is 0 Å². The summed E-state index contributed by atoms with van der Waals surface area (Å²) in [4.78, 5) is 10.5. The highest BCUT2D eigenvalue weighted by atomic mass is 19.4. The second-order valence-electron chi connectivity index (χ2n) is 4.47. The highest BCUT2D eigenvalue weighted by Gasteiger charge is 2.36. The molecule has 0 amide bonds. The molecule has 0 fully saturated rings. The lowest BCUT2D eigenvalue weighted by molar-refractivity contribution is -0.143. The fourth-order valence-corrected chi connectivity index (χ4v) is 1.76. The third kappa shape index (κ3) is 4.93. The van der Waals surface area contributed by atoms with E-state index in [-0.39, 0.29) is 24.5 Å². The van der Waals surface area contributed by atoms with Gasteiger partial charge >= 0.3 is 12.4 Å². The number of benzene rings is 1.